The highest BCUT2D eigenvalue weighted by molar-refractivity contribution is 7.82. The zero-order valence-electron chi connectivity index (χ0n) is 13.4. The maximum Gasteiger partial charge on any atom is 0.333 e. The topological polar surface area (TPSA) is 48.5 Å². The second kappa shape index (κ2) is 8.27. The third kappa shape index (κ3) is 4.20. The quantitative estimate of drug-likeness (QED) is 0.745. The summed E-state index contributed by atoms with van der Waals surface area (Å²) >= 11 is 16.5. The van der Waals surface area contributed by atoms with Crippen LogP contribution in [0, 0.1) is 0 Å². The Balaban J connectivity index is 1.81. The molecule has 25 heavy (non-hydrogen) atoms. The van der Waals surface area contributed by atoms with E-state index in [9.17, 15) is 4.79 Å². The number of thiol groups is 1. The molecule has 5 nitrogen and oxygen atoms in total. The molecule has 0 bridgehead atoms. The van der Waals surface area contributed by atoms with Crippen molar-refractivity contribution in [1.82, 2.24) is 15.2 Å². The van der Waals surface area contributed by atoms with Gasteiger partial charge in [-0.15, -0.1) is 0 Å². The number of nitrogens with zero attached hydrogens (tertiary/aromatic N) is 3. The molecule has 1 atom stereocenters. The first-order valence-electron chi connectivity index (χ1n) is 7.95. The first kappa shape index (κ1) is 18.3. The van der Waals surface area contributed by atoms with Gasteiger partial charge in [0, 0.05) is 25.5 Å². The minimum atomic E-state index is -0.374. The lowest BCUT2D eigenvalue weighted by atomic mass is 10.2. The van der Waals surface area contributed by atoms with Gasteiger partial charge in [-0.2, -0.15) is 0 Å². The average molecular weight is 397 g/mol. The van der Waals surface area contributed by atoms with E-state index in [0.29, 0.717) is 10.7 Å². The molecule has 2 aromatic rings. The van der Waals surface area contributed by atoms with Crippen molar-refractivity contribution in [3.8, 4) is 0 Å². The fraction of sp³-hybridized carbons (Fsp3) is 0.294. The number of carbonyl (C=O) groups excluding carboxylic acids is 1. The van der Waals surface area contributed by atoms with E-state index in [0.717, 1.165) is 31.5 Å². The lowest BCUT2D eigenvalue weighted by Crippen LogP contribution is -2.44. The highest BCUT2D eigenvalue weighted by Crippen LogP contribution is 2.33. The van der Waals surface area contributed by atoms with Crippen molar-refractivity contribution in [2.75, 3.05) is 17.4 Å². The van der Waals surface area contributed by atoms with Crippen LogP contribution in [0.3, 0.4) is 0 Å². The van der Waals surface area contributed by atoms with Crippen molar-refractivity contribution in [1.29, 1.82) is 0 Å². The van der Waals surface area contributed by atoms with Gasteiger partial charge in [0.15, 0.2) is 0 Å². The summed E-state index contributed by atoms with van der Waals surface area (Å²) in [4.78, 5) is 19.0. The maximum atomic E-state index is 12.7. The van der Waals surface area contributed by atoms with Crippen LogP contribution in [0.15, 0.2) is 42.7 Å². The molecule has 2 amide bonds. The van der Waals surface area contributed by atoms with Crippen LogP contribution in [0.1, 0.15) is 24.6 Å². The molecule has 2 heterocycles. The van der Waals surface area contributed by atoms with Crippen molar-refractivity contribution in [2.45, 2.75) is 19.0 Å². The minimum Gasteiger partial charge on any atom is -0.317 e. The number of benzene rings is 1. The van der Waals surface area contributed by atoms with Crippen LogP contribution in [0.25, 0.3) is 0 Å². The molecule has 8 heteroatoms. The van der Waals surface area contributed by atoms with E-state index in [1.807, 2.05) is 12.1 Å². The molecular weight excluding hydrogens is 379 g/mol. The number of carbonyl (C=O) groups is 1. The second-order valence-corrected chi connectivity index (χ2v) is 6.95. The fourth-order valence-electron chi connectivity index (χ4n) is 2.87. The molecule has 0 saturated carbocycles. The minimum absolute atomic E-state index is 0.245. The lowest BCUT2D eigenvalue weighted by molar-refractivity contribution is 0.197. The van der Waals surface area contributed by atoms with Gasteiger partial charge in [-0.3, -0.25) is 9.88 Å². The average Bonchev–Trinajstić information content (AvgIpc) is 3.16. The van der Waals surface area contributed by atoms with E-state index in [2.05, 4.69) is 28.0 Å². The second-order valence-electron chi connectivity index (χ2n) is 5.76. The van der Waals surface area contributed by atoms with Gasteiger partial charge in [-0.1, -0.05) is 42.1 Å². The Morgan fingerprint density at radius 2 is 1.88 bits per heavy atom. The van der Waals surface area contributed by atoms with Crippen molar-refractivity contribution in [2.24, 2.45) is 0 Å². The van der Waals surface area contributed by atoms with Gasteiger partial charge in [-0.05, 0) is 42.7 Å². The number of urea groups is 1. The number of hydrogen-bond donors (Lipinski definition) is 2. The highest BCUT2D eigenvalue weighted by atomic mass is 35.5. The molecule has 1 N–H and O–H groups in total. The van der Waals surface area contributed by atoms with E-state index in [1.54, 1.807) is 30.6 Å². The number of hydrogen-bond acceptors (Lipinski definition) is 4. The van der Waals surface area contributed by atoms with E-state index in [4.69, 9.17) is 23.2 Å². The normalized spacial score (nSPS) is 15.8. The third-order valence-electron chi connectivity index (χ3n) is 4.14. The number of likely N-dealkylation sites (tertiary alicyclic amines) is 1. The molecule has 0 radical (unpaired) electrons. The largest absolute Gasteiger partial charge is 0.333 e. The Labute approximate surface area is 162 Å². The highest BCUT2D eigenvalue weighted by Gasteiger charge is 2.27. The summed E-state index contributed by atoms with van der Waals surface area (Å²) in [5.41, 5.74) is 1.41. The van der Waals surface area contributed by atoms with E-state index >= 15 is 0 Å². The van der Waals surface area contributed by atoms with Gasteiger partial charge in [0.2, 0.25) is 0 Å². The van der Waals surface area contributed by atoms with Gasteiger partial charge in [0.05, 0.1) is 15.7 Å². The van der Waals surface area contributed by atoms with E-state index in [1.165, 1.54) is 4.31 Å². The van der Waals surface area contributed by atoms with Crippen LogP contribution >= 0.6 is 36.0 Å². The molecule has 1 aliphatic rings. The molecule has 1 fully saturated rings. The van der Waals surface area contributed by atoms with Crippen molar-refractivity contribution in [3.63, 3.8) is 0 Å². The summed E-state index contributed by atoms with van der Waals surface area (Å²) in [6.45, 7) is 1.86. The Morgan fingerprint density at radius 3 is 2.56 bits per heavy atom. The Kier molecular flexibility index (Phi) is 6.06. The zero-order valence-corrected chi connectivity index (χ0v) is 15.8. The predicted octanol–water partition coefficient (Wildman–Crippen LogP) is 4.54. The third-order valence-corrected chi connectivity index (χ3v) is 5.35. The lowest BCUT2D eigenvalue weighted by Gasteiger charge is -2.30. The van der Waals surface area contributed by atoms with Crippen LogP contribution in [0.5, 0.6) is 0 Å². The molecule has 0 aliphatic carbocycles. The van der Waals surface area contributed by atoms with Crippen LogP contribution in [-0.2, 0) is 0 Å². The Morgan fingerprint density at radius 1 is 1.20 bits per heavy atom. The fourth-order valence-corrected chi connectivity index (χ4v) is 3.54. The summed E-state index contributed by atoms with van der Waals surface area (Å²) in [6.07, 6.45) is 5.42. The first-order chi connectivity index (χ1) is 12.1. The summed E-state index contributed by atoms with van der Waals surface area (Å²) < 4.78 is 1.18. The van der Waals surface area contributed by atoms with Crippen LogP contribution in [-0.4, -0.2) is 29.0 Å². The first-order valence-corrected chi connectivity index (χ1v) is 9.11. The zero-order chi connectivity index (χ0) is 17.8. The van der Waals surface area contributed by atoms with Gasteiger partial charge < -0.3 is 5.32 Å². The van der Waals surface area contributed by atoms with Gasteiger partial charge in [-0.25, -0.2) is 9.10 Å². The van der Waals surface area contributed by atoms with Crippen molar-refractivity contribution < 1.29 is 4.79 Å². The molecular formula is C17H18Cl2N4OS. The predicted molar refractivity (Wildman–Crippen MR) is 104 cm³/mol. The Bertz CT molecular complexity index is 741. The number of rotatable bonds is 4. The number of halogens is 2. The van der Waals surface area contributed by atoms with Crippen LogP contribution in [0.2, 0.25) is 10.0 Å². The molecule has 132 valence electrons. The standard InChI is InChI=1S/C17H18Cl2N4OS/c18-13-4-3-5-14(15(13)19)23(25)17(24)21-16(22-10-1-2-11-22)12-6-8-20-9-7-12/h3-9,16,25H,1-2,10-11H2,(H,21,24). The molecule has 1 aliphatic heterocycles. The SMILES string of the molecule is O=C(NC(c1ccncc1)N1CCCC1)N(S)c1cccc(Cl)c1Cl. The number of amides is 2. The van der Waals surface area contributed by atoms with Crippen LogP contribution < -0.4 is 9.62 Å². The number of pyridine rings is 1. The van der Waals surface area contributed by atoms with Gasteiger partial charge >= 0.3 is 6.03 Å². The number of nitrogens with one attached hydrogen (secondary N) is 1. The number of aromatic nitrogens is 1. The summed E-state index contributed by atoms with van der Waals surface area (Å²) in [7, 11) is 0. The molecule has 1 aromatic carbocycles. The monoisotopic (exact) mass is 396 g/mol. The Hall–Kier alpha value is -1.47. The van der Waals surface area contributed by atoms with Crippen molar-refractivity contribution in [3.05, 3.63) is 58.3 Å². The molecule has 1 unspecified atom stereocenters. The smallest absolute Gasteiger partial charge is 0.317 e. The van der Waals surface area contributed by atoms with E-state index in [-0.39, 0.29) is 17.2 Å². The molecule has 0 spiro atoms. The van der Waals surface area contributed by atoms with Crippen LogP contribution in [0.4, 0.5) is 10.5 Å². The summed E-state index contributed by atoms with van der Waals surface area (Å²) in [5, 5.41) is 3.69. The van der Waals surface area contributed by atoms with Gasteiger partial charge in [0.1, 0.15) is 6.17 Å². The molecule has 1 aromatic heterocycles. The number of anilines is 1. The maximum absolute atomic E-state index is 12.7. The summed E-state index contributed by atoms with van der Waals surface area (Å²) in [6, 6.07) is 8.51. The molecule has 3 rings (SSSR count). The molecule has 1 saturated heterocycles. The van der Waals surface area contributed by atoms with Gasteiger partial charge in [0.25, 0.3) is 0 Å². The van der Waals surface area contributed by atoms with Crippen molar-refractivity contribution >= 4 is 47.7 Å². The van der Waals surface area contributed by atoms with E-state index < -0.39 is 0 Å². The summed E-state index contributed by atoms with van der Waals surface area (Å²) in [5.74, 6) is 0.